The van der Waals surface area contributed by atoms with Crippen molar-refractivity contribution >= 4 is 16.8 Å². The fourth-order valence-electron chi connectivity index (χ4n) is 5.25. The van der Waals surface area contributed by atoms with Gasteiger partial charge in [0.25, 0.3) is 5.91 Å². The number of likely N-dealkylation sites (N-methyl/N-ethyl adjacent to an activating group) is 1. The molecule has 0 saturated carbocycles. The molecule has 1 aliphatic carbocycles. The molecule has 3 aromatic rings. The van der Waals surface area contributed by atoms with Gasteiger partial charge >= 0.3 is 0 Å². The number of nitrogens with zero attached hydrogens (tertiary/aromatic N) is 2. The monoisotopic (exact) mass is 430 g/mol. The van der Waals surface area contributed by atoms with Crippen LogP contribution in [-0.2, 0) is 12.8 Å². The van der Waals surface area contributed by atoms with E-state index < -0.39 is 0 Å². The molecular formula is C27H34N4O. The number of amides is 1. The van der Waals surface area contributed by atoms with Crippen LogP contribution >= 0.6 is 0 Å². The molecule has 1 aromatic heterocycles. The highest BCUT2D eigenvalue weighted by Crippen LogP contribution is 2.33. The standard InChI is InChI=1S/C27H34N4O/c1-19-11-12-24-23(17-19)21-9-6-10-22(26(21)28-24)27(32)29-25(20-7-4-3-5-8-20)18-31-15-13-30(2)14-16-31/h3-10,19,25,28H,11-18H2,1-2H3,(H,29,32). The van der Waals surface area contributed by atoms with Gasteiger partial charge in [0.15, 0.2) is 0 Å². The Kier molecular flexibility index (Phi) is 6.03. The summed E-state index contributed by atoms with van der Waals surface area (Å²) < 4.78 is 0. The van der Waals surface area contributed by atoms with Gasteiger partial charge in [-0.3, -0.25) is 9.69 Å². The normalized spacial score (nSPS) is 20.8. The maximum atomic E-state index is 13.6. The zero-order chi connectivity index (χ0) is 22.1. The number of carbonyl (C=O) groups is 1. The van der Waals surface area contributed by atoms with Gasteiger partial charge < -0.3 is 15.2 Å². The first-order chi connectivity index (χ1) is 15.6. The minimum Gasteiger partial charge on any atom is -0.358 e. The Morgan fingerprint density at radius 1 is 1.09 bits per heavy atom. The summed E-state index contributed by atoms with van der Waals surface area (Å²) in [6, 6.07) is 16.5. The molecule has 1 saturated heterocycles. The van der Waals surface area contributed by atoms with E-state index in [4.69, 9.17) is 0 Å². The summed E-state index contributed by atoms with van der Waals surface area (Å²) in [5.74, 6) is 0.704. The van der Waals surface area contributed by atoms with Crippen LogP contribution in [0.1, 0.15) is 46.6 Å². The molecule has 1 aliphatic heterocycles. The molecule has 0 bridgehead atoms. The van der Waals surface area contributed by atoms with Gasteiger partial charge in [-0.25, -0.2) is 0 Å². The number of aromatic amines is 1. The molecule has 2 N–H and O–H groups in total. The summed E-state index contributed by atoms with van der Waals surface area (Å²) in [6.07, 6.45) is 3.38. The number of nitrogens with one attached hydrogen (secondary N) is 2. The smallest absolute Gasteiger partial charge is 0.253 e. The van der Waals surface area contributed by atoms with Crippen LogP contribution in [0.25, 0.3) is 10.9 Å². The van der Waals surface area contributed by atoms with Crippen molar-refractivity contribution in [3.05, 3.63) is 70.9 Å². The Hall–Kier alpha value is -2.63. The molecule has 32 heavy (non-hydrogen) atoms. The van der Waals surface area contributed by atoms with E-state index in [1.54, 1.807) is 0 Å². The van der Waals surface area contributed by atoms with Crippen LogP contribution in [0.5, 0.6) is 0 Å². The van der Waals surface area contributed by atoms with Gasteiger partial charge in [-0.15, -0.1) is 0 Å². The van der Waals surface area contributed by atoms with E-state index in [0.29, 0.717) is 5.92 Å². The molecule has 2 unspecified atom stereocenters. The number of hydrogen-bond donors (Lipinski definition) is 2. The van der Waals surface area contributed by atoms with Gasteiger partial charge in [0.1, 0.15) is 0 Å². The molecular weight excluding hydrogens is 396 g/mol. The molecule has 2 heterocycles. The van der Waals surface area contributed by atoms with Gasteiger partial charge in [0.05, 0.1) is 17.1 Å². The van der Waals surface area contributed by atoms with Crippen LogP contribution in [0.3, 0.4) is 0 Å². The van der Waals surface area contributed by atoms with E-state index in [2.05, 4.69) is 64.4 Å². The summed E-state index contributed by atoms with van der Waals surface area (Å²) in [5.41, 5.74) is 5.63. The topological polar surface area (TPSA) is 51.4 Å². The Labute approximate surface area is 190 Å². The lowest BCUT2D eigenvalue weighted by Gasteiger charge is -2.35. The number of piperazine rings is 1. The second-order valence-electron chi connectivity index (χ2n) is 9.70. The second-order valence-corrected chi connectivity index (χ2v) is 9.70. The van der Waals surface area contributed by atoms with Gasteiger partial charge in [-0.2, -0.15) is 0 Å². The maximum absolute atomic E-state index is 13.6. The van der Waals surface area contributed by atoms with Gasteiger partial charge in [0.2, 0.25) is 0 Å². The van der Waals surface area contributed by atoms with Crippen LogP contribution in [0, 0.1) is 5.92 Å². The third-order valence-corrected chi connectivity index (χ3v) is 7.26. The molecule has 5 rings (SSSR count). The second kappa shape index (κ2) is 9.08. The lowest BCUT2D eigenvalue weighted by Crippen LogP contribution is -2.47. The van der Waals surface area contributed by atoms with E-state index in [1.165, 1.54) is 23.1 Å². The van der Waals surface area contributed by atoms with Gasteiger partial charge in [-0.05, 0) is 49.4 Å². The number of hydrogen-bond acceptors (Lipinski definition) is 3. The lowest BCUT2D eigenvalue weighted by molar-refractivity contribution is 0.0908. The van der Waals surface area contributed by atoms with Crippen molar-refractivity contribution in [3.63, 3.8) is 0 Å². The zero-order valence-corrected chi connectivity index (χ0v) is 19.2. The Morgan fingerprint density at radius 2 is 1.88 bits per heavy atom. The van der Waals surface area contributed by atoms with Crippen LogP contribution in [0.2, 0.25) is 0 Å². The van der Waals surface area contributed by atoms with Crippen molar-refractivity contribution in [2.75, 3.05) is 39.8 Å². The molecule has 0 radical (unpaired) electrons. The number of aryl methyl sites for hydroxylation is 1. The average molecular weight is 431 g/mol. The number of benzene rings is 2. The molecule has 2 atom stereocenters. The summed E-state index contributed by atoms with van der Waals surface area (Å²) in [5, 5.41) is 4.59. The van der Waals surface area contributed by atoms with Crippen molar-refractivity contribution in [3.8, 4) is 0 Å². The van der Waals surface area contributed by atoms with Crippen LogP contribution in [0.15, 0.2) is 48.5 Å². The zero-order valence-electron chi connectivity index (χ0n) is 19.2. The largest absolute Gasteiger partial charge is 0.358 e. The molecule has 168 valence electrons. The Bertz CT molecular complexity index is 1080. The first-order valence-electron chi connectivity index (χ1n) is 12.0. The summed E-state index contributed by atoms with van der Waals surface area (Å²) >= 11 is 0. The minimum absolute atomic E-state index is 0.00484. The number of H-pyrrole nitrogens is 1. The fraction of sp³-hybridized carbons (Fsp3) is 0.444. The third kappa shape index (κ3) is 4.32. The summed E-state index contributed by atoms with van der Waals surface area (Å²) in [6.45, 7) is 7.36. The first kappa shape index (κ1) is 21.2. The van der Waals surface area contributed by atoms with E-state index in [1.807, 2.05) is 18.2 Å². The van der Waals surface area contributed by atoms with Crippen LogP contribution < -0.4 is 5.32 Å². The highest BCUT2D eigenvalue weighted by Gasteiger charge is 2.25. The van der Waals surface area contributed by atoms with Gasteiger partial charge in [-0.1, -0.05) is 49.4 Å². The molecule has 5 heteroatoms. The molecule has 0 spiro atoms. The number of fused-ring (bicyclic) bond motifs is 3. The molecule has 2 aromatic carbocycles. The van der Waals surface area contributed by atoms with E-state index in [0.717, 1.165) is 62.2 Å². The van der Waals surface area contributed by atoms with Crippen molar-refractivity contribution in [2.45, 2.75) is 32.2 Å². The minimum atomic E-state index is -0.0352. The third-order valence-electron chi connectivity index (χ3n) is 7.26. The van der Waals surface area contributed by atoms with Crippen LogP contribution in [0.4, 0.5) is 0 Å². The SMILES string of the molecule is CC1CCc2[nH]c3c(C(=O)NC(CN4CCN(C)CC4)c4ccccc4)cccc3c2C1. The molecule has 1 fully saturated rings. The highest BCUT2D eigenvalue weighted by molar-refractivity contribution is 6.07. The predicted molar refractivity (Wildman–Crippen MR) is 130 cm³/mol. The van der Waals surface area contributed by atoms with E-state index >= 15 is 0 Å². The van der Waals surface area contributed by atoms with Crippen LogP contribution in [-0.4, -0.2) is 60.5 Å². The van der Waals surface area contributed by atoms with Crippen molar-refractivity contribution in [2.24, 2.45) is 5.92 Å². The lowest BCUT2D eigenvalue weighted by atomic mass is 9.87. The number of rotatable bonds is 5. The van der Waals surface area contributed by atoms with Gasteiger partial charge in [0, 0.05) is 43.8 Å². The quantitative estimate of drug-likeness (QED) is 0.643. The fourth-order valence-corrected chi connectivity index (χ4v) is 5.25. The average Bonchev–Trinajstić information content (AvgIpc) is 3.18. The number of carbonyl (C=O) groups excluding carboxylic acids is 1. The number of aromatic nitrogens is 1. The number of para-hydroxylation sites is 1. The first-order valence-corrected chi connectivity index (χ1v) is 12.0. The summed E-state index contributed by atoms with van der Waals surface area (Å²) in [7, 11) is 2.17. The Balaban J connectivity index is 1.41. The van der Waals surface area contributed by atoms with Crippen molar-refractivity contribution < 1.29 is 4.79 Å². The van der Waals surface area contributed by atoms with E-state index in [-0.39, 0.29) is 11.9 Å². The molecule has 5 nitrogen and oxygen atoms in total. The van der Waals surface area contributed by atoms with Crippen molar-refractivity contribution in [1.29, 1.82) is 0 Å². The highest BCUT2D eigenvalue weighted by atomic mass is 16.1. The van der Waals surface area contributed by atoms with E-state index in [9.17, 15) is 4.79 Å². The predicted octanol–water partition coefficient (Wildman–Crippen LogP) is 4.01. The molecule has 2 aliphatic rings. The van der Waals surface area contributed by atoms with Crippen molar-refractivity contribution in [1.82, 2.24) is 20.1 Å². The molecule has 1 amide bonds. The summed E-state index contributed by atoms with van der Waals surface area (Å²) in [4.78, 5) is 22.0. The Morgan fingerprint density at radius 3 is 2.66 bits per heavy atom. The maximum Gasteiger partial charge on any atom is 0.253 e.